The summed E-state index contributed by atoms with van der Waals surface area (Å²) in [6.07, 6.45) is 6.16. The first-order valence-electron chi connectivity index (χ1n) is 6.46. The highest BCUT2D eigenvalue weighted by Crippen LogP contribution is 2.23. The number of nitrogens with zero attached hydrogens (tertiary/aromatic N) is 3. The summed E-state index contributed by atoms with van der Waals surface area (Å²) in [5.74, 6) is 0. The maximum absolute atomic E-state index is 11.9. The third-order valence-corrected chi connectivity index (χ3v) is 3.76. The van der Waals surface area contributed by atoms with Crippen LogP contribution >= 0.6 is 0 Å². The Morgan fingerprint density at radius 2 is 2.22 bits per heavy atom. The highest BCUT2D eigenvalue weighted by molar-refractivity contribution is 5.67. The van der Waals surface area contributed by atoms with Crippen molar-refractivity contribution in [3.63, 3.8) is 0 Å². The summed E-state index contributed by atoms with van der Waals surface area (Å²) in [7, 11) is 3.69. The first-order chi connectivity index (χ1) is 8.59. The molecule has 1 saturated carbocycles. The number of amides is 1. The van der Waals surface area contributed by atoms with Gasteiger partial charge in [-0.2, -0.15) is 5.10 Å². The number of carbonyl (C=O) groups excluding carboxylic acids is 1. The topological polar surface area (TPSA) is 47.4 Å². The van der Waals surface area contributed by atoms with Crippen LogP contribution in [0.4, 0.5) is 4.79 Å². The van der Waals surface area contributed by atoms with Crippen LogP contribution in [0, 0.1) is 6.92 Å². The first kappa shape index (κ1) is 12.9. The molecule has 0 radical (unpaired) electrons. The van der Waals surface area contributed by atoms with Gasteiger partial charge in [0.1, 0.15) is 6.61 Å². The van der Waals surface area contributed by atoms with Gasteiger partial charge in [-0.05, 0) is 25.3 Å². The van der Waals surface area contributed by atoms with Crippen molar-refractivity contribution in [1.29, 1.82) is 0 Å². The molecule has 0 bridgehead atoms. The lowest BCUT2D eigenvalue weighted by molar-refractivity contribution is 0.0896. The lowest BCUT2D eigenvalue weighted by Crippen LogP contribution is -2.35. The van der Waals surface area contributed by atoms with Crippen molar-refractivity contribution in [2.45, 2.75) is 45.3 Å². The first-order valence-corrected chi connectivity index (χ1v) is 6.46. The molecule has 18 heavy (non-hydrogen) atoms. The van der Waals surface area contributed by atoms with Crippen LogP contribution in [0.1, 0.15) is 36.9 Å². The molecule has 0 atom stereocenters. The molecule has 5 nitrogen and oxygen atoms in total. The largest absolute Gasteiger partial charge is 0.443 e. The van der Waals surface area contributed by atoms with E-state index in [-0.39, 0.29) is 12.7 Å². The summed E-state index contributed by atoms with van der Waals surface area (Å²) in [4.78, 5) is 13.7. The Kier molecular flexibility index (Phi) is 3.89. The van der Waals surface area contributed by atoms with Crippen LogP contribution < -0.4 is 0 Å². The van der Waals surface area contributed by atoms with E-state index in [4.69, 9.17) is 4.74 Å². The highest BCUT2D eigenvalue weighted by atomic mass is 16.6. The summed E-state index contributed by atoms with van der Waals surface area (Å²) in [5.41, 5.74) is 2.00. The number of rotatable bonds is 3. The number of carbonyl (C=O) groups is 1. The SMILES string of the molecule is Cc1cnn(C)c1COC(=O)N(C)C1CCCC1. The van der Waals surface area contributed by atoms with E-state index in [9.17, 15) is 4.79 Å². The van der Waals surface area contributed by atoms with Crippen molar-refractivity contribution >= 4 is 6.09 Å². The fourth-order valence-electron chi connectivity index (χ4n) is 2.45. The van der Waals surface area contributed by atoms with Gasteiger partial charge < -0.3 is 9.64 Å². The quantitative estimate of drug-likeness (QED) is 0.827. The summed E-state index contributed by atoms with van der Waals surface area (Å²) in [6.45, 7) is 2.26. The number of hydrogen-bond acceptors (Lipinski definition) is 3. The molecule has 5 heteroatoms. The zero-order valence-corrected chi connectivity index (χ0v) is 11.3. The molecule has 1 aromatic rings. The Morgan fingerprint density at radius 1 is 1.56 bits per heavy atom. The maximum Gasteiger partial charge on any atom is 0.410 e. The second-order valence-electron chi connectivity index (χ2n) is 5.00. The molecule has 2 rings (SSSR count). The van der Waals surface area contributed by atoms with Gasteiger partial charge in [-0.3, -0.25) is 4.68 Å². The zero-order chi connectivity index (χ0) is 13.1. The minimum atomic E-state index is -0.234. The van der Waals surface area contributed by atoms with Gasteiger partial charge in [0.2, 0.25) is 0 Å². The van der Waals surface area contributed by atoms with Gasteiger partial charge in [-0.15, -0.1) is 0 Å². The van der Waals surface area contributed by atoms with Crippen molar-refractivity contribution in [2.75, 3.05) is 7.05 Å². The van der Waals surface area contributed by atoms with Gasteiger partial charge in [-0.1, -0.05) is 12.8 Å². The van der Waals surface area contributed by atoms with E-state index >= 15 is 0 Å². The van der Waals surface area contributed by atoms with Crippen LogP contribution in [0.25, 0.3) is 0 Å². The number of aryl methyl sites for hydroxylation is 2. The summed E-state index contributed by atoms with van der Waals surface area (Å²) >= 11 is 0. The summed E-state index contributed by atoms with van der Waals surface area (Å²) in [6, 6.07) is 0.352. The molecule has 1 aliphatic rings. The highest BCUT2D eigenvalue weighted by Gasteiger charge is 2.24. The third kappa shape index (κ3) is 2.66. The molecule has 1 aromatic heterocycles. The van der Waals surface area contributed by atoms with Crippen LogP contribution in [-0.2, 0) is 18.4 Å². The minimum Gasteiger partial charge on any atom is -0.443 e. The molecule has 0 unspecified atom stereocenters. The molecule has 1 heterocycles. The lowest BCUT2D eigenvalue weighted by Gasteiger charge is -2.23. The summed E-state index contributed by atoms with van der Waals surface area (Å²) in [5, 5.41) is 4.13. The molecule has 0 aromatic carbocycles. The second kappa shape index (κ2) is 5.42. The second-order valence-corrected chi connectivity index (χ2v) is 5.00. The Labute approximate surface area is 108 Å². The fraction of sp³-hybridized carbons (Fsp3) is 0.692. The van der Waals surface area contributed by atoms with Crippen molar-refractivity contribution in [3.8, 4) is 0 Å². The van der Waals surface area contributed by atoms with Crippen molar-refractivity contribution < 1.29 is 9.53 Å². The Morgan fingerprint density at radius 3 is 2.78 bits per heavy atom. The van der Waals surface area contributed by atoms with E-state index < -0.39 is 0 Å². The Balaban J connectivity index is 1.88. The molecule has 0 saturated heterocycles. The molecular weight excluding hydrogens is 230 g/mol. The van der Waals surface area contributed by atoms with Crippen molar-refractivity contribution in [3.05, 3.63) is 17.5 Å². The minimum absolute atomic E-state index is 0.234. The van der Waals surface area contributed by atoms with Crippen molar-refractivity contribution in [2.24, 2.45) is 7.05 Å². The van der Waals surface area contributed by atoms with Crippen molar-refractivity contribution in [1.82, 2.24) is 14.7 Å². The third-order valence-electron chi connectivity index (χ3n) is 3.76. The van der Waals surface area contributed by atoms with E-state index in [2.05, 4.69) is 5.10 Å². The molecule has 0 N–H and O–H groups in total. The fourth-order valence-corrected chi connectivity index (χ4v) is 2.45. The molecule has 100 valence electrons. The standard InChI is InChI=1S/C13H21N3O2/c1-10-8-14-16(3)12(10)9-18-13(17)15(2)11-6-4-5-7-11/h8,11H,4-7,9H2,1-3H3. The molecular formula is C13H21N3O2. The number of hydrogen-bond donors (Lipinski definition) is 0. The Bertz CT molecular complexity index is 402. The molecule has 0 aliphatic heterocycles. The van der Waals surface area contributed by atoms with E-state index in [0.29, 0.717) is 6.04 Å². The van der Waals surface area contributed by atoms with Crippen LogP contribution in [0.5, 0.6) is 0 Å². The predicted octanol–water partition coefficient (Wildman–Crippen LogP) is 2.24. The average Bonchev–Trinajstić information content (AvgIpc) is 2.97. The van der Waals surface area contributed by atoms with Gasteiger partial charge >= 0.3 is 6.09 Å². The zero-order valence-electron chi connectivity index (χ0n) is 11.3. The predicted molar refractivity (Wildman–Crippen MR) is 68.1 cm³/mol. The number of ether oxygens (including phenoxy) is 1. The van der Waals surface area contributed by atoms with Gasteiger partial charge in [0.25, 0.3) is 0 Å². The summed E-state index contributed by atoms with van der Waals surface area (Å²) < 4.78 is 7.10. The van der Waals surface area contributed by atoms with Gasteiger partial charge in [0, 0.05) is 20.1 Å². The smallest absolute Gasteiger partial charge is 0.410 e. The van der Waals surface area contributed by atoms with Crippen LogP contribution in [0.3, 0.4) is 0 Å². The van der Waals surface area contributed by atoms with Crippen LogP contribution in [-0.4, -0.2) is 33.9 Å². The van der Waals surface area contributed by atoms with E-state index in [0.717, 1.165) is 24.1 Å². The van der Waals surface area contributed by atoms with E-state index in [1.807, 2.05) is 21.0 Å². The van der Waals surface area contributed by atoms with Gasteiger partial charge in [-0.25, -0.2) is 4.79 Å². The molecule has 1 aliphatic carbocycles. The van der Waals surface area contributed by atoms with E-state index in [1.165, 1.54) is 12.8 Å². The van der Waals surface area contributed by atoms with Gasteiger partial charge in [0.15, 0.2) is 0 Å². The van der Waals surface area contributed by atoms with Gasteiger partial charge in [0.05, 0.1) is 11.9 Å². The van der Waals surface area contributed by atoms with Crippen LogP contribution in [0.2, 0.25) is 0 Å². The number of aromatic nitrogens is 2. The molecule has 1 fully saturated rings. The molecule has 1 amide bonds. The average molecular weight is 251 g/mol. The monoisotopic (exact) mass is 251 g/mol. The lowest BCUT2D eigenvalue weighted by atomic mass is 10.2. The Hall–Kier alpha value is -1.52. The normalized spacial score (nSPS) is 15.9. The molecule has 0 spiro atoms. The maximum atomic E-state index is 11.9. The van der Waals surface area contributed by atoms with E-state index in [1.54, 1.807) is 15.8 Å². The van der Waals surface area contributed by atoms with Crippen LogP contribution in [0.15, 0.2) is 6.20 Å².